The lowest BCUT2D eigenvalue weighted by molar-refractivity contribution is 1.10. The van der Waals surface area contributed by atoms with Crippen LogP contribution in [0.3, 0.4) is 0 Å². The van der Waals surface area contributed by atoms with Crippen molar-refractivity contribution in [2.45, 2.75) is 9.46 Å². The molecule has 0 amide bonds. The normalized spacial score (nSPS) is 16.5. The lowest BCUT2D eigenvalue weighted by Crippen LogP contribution is -2.11. The third-order valence-electron chi connectivity index (χ3n) is 3.99. The van der Waals surface area contributed by atoms with Crippen LogP contribution in [0.1, 0.15) is 16.4 Å². The first-order valence-electron chi connectivity index (χ1n) is 7.31. The fourth-order valence-corrected chi connectivity index (χ4v) is 7.40. The molecule has 0 saturated carbocycles. The fourth-order valence-electron chi connectivity index (χ4n) is 2.73. The molecule has 1 aliphatic rings. The molecule has 116 valence electrons. The van der Waals surface area contributed by atoms with Gasteiger partial charge >= 0.3 is 0 Å². The van der Waals surface area contributed by atoms with Crippen LogP contribution >= 0.6 is 32.9 Å². The maximum atomic E-state index is 13.0. The molecule has 23 heavy (non-hydrogen) atoms. The van der Waals surface area contributed by atoms with Crippen molar-refractivity contribution in [3.8, 4) is 0 Å². The molecule has 5 heteroatoms. The average molecular weight is 358 g/mol. The van der Waals surface area contributed by atoms with Gasteiger partial charge in [-0.15, -0.1) is 11.3 Å². The van der Waals surface area contributed by atoms with E-state index in [0.29, 0.717) is 0 Å². The molecule has 1 unspecified atom stereocenters. The Labute approximate surface area is 146 Å². The first kappa shape index (κ1) is 15.1. The highest BCUT2D eigenvalue weighted by atomic mass is 33.1. The molecule has 0 fully saturated rings. The minimum atomic E-state index is 0.125. The van der Waals surface area contributed by atoms with Crippen molar-refractivity contribution in [1.29, 1.82) is 0 Å². The van der Waals surface area contributed by atoms with Crippen molar-refractivity contribution < 1.29 is 0 Å². The zero-order chi connectivity index (χ0) is 16.0. The Morgan fingerprint density at radius 2 is 1.74 bits per heavy atom. The Morgan fingerprint density at radius 1 is 1.00 bits per heavy atom. The Morgan fingerprint density at radius 3 is 2.48 bits per heavy atom. The lowest BCUT2D eigenvalue weighted by atomic mass is 10.0. The van der Waals surface area contributed by atoms with Crippen LogP contribution in [0.25, 0.3) is 10.1 Å². The topological polar surface area (TPSA) is 20.3 Å². The van der Waals surface area contributed by atoms with E-state index >= 15 is 0 Å². The molecule has 4 rings (SSSR count). The number of hydrogen-bond donors (Lipinski definition) is 0. The van der Waals surface area contributed by atoms with Crippen LogP contribution in [0.2, 0.25) is 0 Å². The molecule has 0 radical (unpaired) electrons. The summed E-state index contributed by atoms with van der Waals surface area (Å²) >= 11 is 1.73. The van der Waals surface area contributed by atoms with Crippen LogP contribution in [0, 0.1) is 0 Å². The number of fused-ring (bicyclic) bond motifs is 2. The van der Waals surface area contributed by atoms with Crippen LogP contribution in [0.5, 0.6) is 0 Å². The monoisotopic (exact) mass is 357 g/mol. The zero-order valence-corrected chi connectivity index (χ0v) is 15.2. The summed E-state index contributed by atoms with van der Waals surface area (Å²) < 4.78 is 2.23. The average Bonchev–Trinajstić information content (AvgIpc) is 2.99. The standard InChI is InChI=1S/C18H15NOS3/c1-19(2)12-9-7-11(8-10-12)17-15-16(20)13-5-3-4-6-14(13)21-18(15)23-22-17/h3-10,17H,1-2H3. The van der Waals surface area contributed by atoms with E-state index in [1.807, 2.05) is 38.4 Å². The second-order valence-corrected chi connectivity index (χ2v) is 9.30. The van der Waals surface area contributed by atoms with Gasteiger partial charge in [-0.3, -0.25) is 4.79 Å². The van der Waals surface area contributed by atoms with Crippen molar-refractivity contribution >= 4 is 48.7 Å². The van der Waals surface area contributed by atoms with E-state index in [9.17, 15) is 4.79 Å². The number of rotatable bonds is 2. The van der Waals surface area contributed by atoms with Crippen molar-refractivity contribution in [3.05, 3.63) is 69.9 Å². The van der Waals surface area contributed by atoms with Gasteiger partial charge in [-0.2, -0.15) is 0 Å². The van der Waals surface area contributed by atoms with E-state index in [1.165, 1.54) is 11.3 Å². The van der Waals surface area contributed by atoms with Gasteiger partial charge in [0.15, 0.2) is 5.43 Å². The van der Waals surface area contributed by atoms with Gasteiger partial charge in [-0.25, -0.2) is 0 Å². The molecule has 0 saturated heterocycles. The van der Waals surface area contributed by atoms with Gasteiger partial charge in [0.25, 0.3) is 0 Å². The number of anilines is 1. The third-order valence-corrected chi connectivity index (χ3v) is 8.32. The summed E-state index contributed by atoms with van der Waals surface area (Å²) in [7, 11) is 7.58. The number of hydrogen-bond acceptors (Lipinski definition) is 5. The SMILES string of the molecule is CN(C)c1ccc(C2SSc3sc4ccccc4c(=O)c32)cc1. The predicted molar refractivity (Wildman–Crippen MR) is 104 cm³/mol. The molecule has 1 aromatic heterocycles. The van der Waals surface area contributed by atoms with Crippen LogP contribution in [0.4, 0.5) is 5.69 Å². The summed E-state index contributed by atoms with van der Waals surface area (Å²) in [4.78, 5) is 15.0. The molecule has 2 aromatic carbocycles. The summed E-state index contributed by atoms with van der Waals surface area (Å²) in [5.74, 6) is 0. The molecule has 1 aliphatic heterocycles. The Balaban J connectivity index is 1.84. The van der Waals surface area contributed by atoms with E-state index in [2.05, 4.69) is 29.2 Å². The molecule has 3 aromatic rings. The summed E-state index contributed by atoms with van der Waals surface area (Å²) in [6.45, 7) is 0. The highest BCUT2D eigenvalue weighted by molar-refractivity contribution is 8.77. The van der Waals surface area contributed by atoms with E-state index in [1.54, 1.807) is 32.9 Å². The van der Waals surface area contributed by atoms with Gasteiger partial charge < -0.3 is 4.90 Å². The van der Waals surface area contributed by atoms with Crippen LogP contribution in [-0.4, -0.2) is 14.1 Å². The van der Waals surface area contributed by atoms with Gasteiger partial charge in [0.2, 0.25) is 0 Å². The molecule has 0 N–H and O–H groups in total. The van der Waals surface area contributed by atoms with E-state index in [-0.39, 0.29) is 10.7 Å². The van der Waals surface area contributed by atoms with Crippen molar-refractivity contribution in [1.82, 2.24) is 0 Å². The maximum Gasteiger partial charge on any atom is 0.193 e. The van der Waals surface area contributed by atoms with Crippen LogP contribution in [-0.2, 0) is 0 Å². The summed E-state index contributed by atoms with van der Waals surface area (Å²) in [6, 6.07) is 16.4. The quantitative estimate of drug-likeness (QED) is 0.589. The van der Waals surface area contributed by atoms with Crippen molar-refractivity contribution in [3.63, 3.8) is 0 Å². The Bertz CT molecular complexity index is 931. The number of benzene rings is 2. The highest BCUT2D eigenvalue weighted by Gasteiger charge is 2.30. The van der Waals surface area contributed by atoms with Gasteiger partial charge in [0.05, 0.1) is 9.46 Å². The smallest absolute Gasteiger partial charge is 0.193 e. The molecule has 2 nitrogen and oxygen atoms in total. The van der Waals surface area contributed by atoms with Gasteiger partial charge in [-0.1, -0.05) is 35.1 Å². The Hall–Kier alpha value is -1.43. The van der Waals surface area contributed by atoms with Crippen molar-refractivity contribution in [2.75, 3.05) is 19.0 Å². The zero-order valence-electron chi connectivity index (χ0n) is 12.8. The van der Waals surface area contributed by atoms with Gasteiger partial charge in [-0.05, 0) is 40.6 Å². The Kier molecular flexibility index (Phi) is 3.87. The van der Waals surface area contributed by atoms with Crippen molar-refractivity contribution in [2.24, 2.45) is 0 Å². The number of nitrogens with zero attached hydrogens (tertiary/aromatic N) is 1. The van der Waals surface area contributed by atoms with E-state index < -0.39 is 0 Å². The first-order valence-corrected chi connectivity index (χ1v) is 10.3. The molecular weight excluding hydrogens is 342 g/mol. The molecule has 2 heterocycles. The second-order valence-electron chi connectivity index (χ2n) is 5.67. The molecule has 0 bridgehead atoms. The van der Waals surface area contributed by atoms with Crippen LogP contribution in [0.15, 0.2) is 57.5 Å². The van der Waals surface area contributed by atoms with Gasteiger partial charge in [0, 0.05) is 35.4 Å². The molecule has 0 spiro atoms. The molecule has 0 aliphatic carbocycles. The molecule has 1 atom stereocenters. The largest absolute Gasteiger partial charge is 0.378 e. The second kappa shape index (κ2) is 5.89. The summed E-state index contributed by atoms with van der Waals surface area (Å²) in [5.41, 5.74) is 3.52. The first-order chi connectivity index (χ1) is 11.1. The fraction of sp³-hybridized carbons (Fsp3) is 0.167. The van der Waals surface area contributed by atoms with Gasteiger partial charge in [0.1, 0.15) is 0 Å². The minimum absolute atomic E-state index is 0.125. The summed E-state index contributed by atoms with van der Waals surface area (Å²) in [6.07, 6.45) is 0. The van der Waals surface area contributed by atoms with E-state index in [0.717, 1.165) is 19.9 Å². The van der Waals surface area contributed by atoms with Crippen LogP contribution < -0.4 is 10.3 Å². The third kappa shape index (κ3) is 2.57. The van der Waals surface area contributed by atoms with E-state index in [4.69, 9.17) is 0 Å². The minimum Gasteiger partial charge on any atom is -0.378 e. The molecular formula is C18H15NOS3. The lowest BCUT2D eigenvalue weighted by Gasteiger charge is -2.15. The highest BCUT2D eigenvalue weighted by Crippen LogP contribution is 2.56. The summed E-state index contributed by atoms with van der Waals surface area (Å²) in [5, 5.41) is 0.967. The maximum absolute atomic E-state index is 13.0. The predicted octanol–water partition coefficient (Wildman–Crippen LogP) is 5.17.